The highest BCUT2D eigenvalue weighted by Gasteiger charge is 2.20. The van der Waals surface area contributed by atoms with E-state index < -0.39 is 0 Å². The van der Waals surface area contributed by atoms with Crippen molar-refractivity contribution in [1.29, 1.82) is 0 Å². The number of rotatable bonds is 2. The summed E-state index contributed by atoms with van der Waals surface area (Å²) in [7, 11) is 0. The Labute approximate surface area is 137 Å². The smallest absolute Gasteiger partial charge is 0.306 e. The van der Waals surface area contributed by atoms with Gasteiger partial charge < -0.3 is 9.97 Å². The fourth-order valence-electron chi connectivity index (χ4n) is 2.03. The van der Waals surface area contributed by atoms with Crippen LogP contribution in [0.4, 0.5) is 0 Å². The first kappa shape index (κ1) is 14.2. The molecule has 1 unspecified atom stereocenters. The Balaban J connectivity index is 2.15. The van der Waals surface area contributed by atoms with Gasteiger partial charge in [-0.05, 0) is 35.6 Å². The molecule has 3 rings (SSSR count). The fraction of sp³-hybridized carbons (Fsp3) is 0.154. The van der Waals surface area contributed by atoms with Crippen LogP contribution in [0.25, 0.3) is 11.0 Å². The highest BCUT2D eigenvalue weighted by Crippen LogP contribution is 2.42. The number of hydrogen-bond donors (Lipinski definition) is 2. The third-order valence-corrected chi connectivity index (χ3v) is 6.11. The Morgan fingerprint density at radius 2 is 1.95 bits per heavy atom. The van der Waals surface area contributed by atoms with Gasteiger partial charge >= 0.3 is 5.69 Å². The van der Waals surface area contributed by atoms with Crippen LogP contribution in [-0.4, -0.2) is 9.97 Å². The second-order valence-electron chi connectivity index (χ2n) is 4.46. The van der Waals surface area contributed by atoms with Gasteiger partial charge in [-0.2, -0.15) is 0 Å². The summed E-state index contributed by atoms with van der Waals surface area (Å²) in [5.74, 6) is 0. The molecule has 0 amide bonds. The van der Waals surface area contributed by atoms with Crippen LogP contribution in [0.2, 0.25) is 5.02 Å². The van der Waals surface area contributed by atoms with Gasteiger partial charge in [0.05, 0.1) is 21.4 Å². The Morgan fingerprint density at radius 3 is 2.55 bits per heavy atom. The van der Waals surface area contributed by atoms with E-state index in [2.05, 4.69) is 25.9 Å². The van der Waals surface area contributed by atoms with E-state index in [1.54, 1.807) is 0 Å². The van der Waals surface area contributed by atoms with Crippen LogP contribution in [0.5, 0.6) is 0 Å². The zero-order valence-corrected chi connectivity index (χ0v) is 14.2. The summed E-state index contributed by atoms with van der Waals surface area (Å²) < 4.78 is 0.836. The summed E-state index contributed by atoms with van der Waals surface area (Å²) in [5, 5.41) is 2.32. The van der Waals surface area contributed by atoms with Crippen molar-refractivity contribution < 1.29 is 0 Å². The molecule has 1 atom stereocenters. The number of fused-ring (bicyclic) bond motifs is 1. The maximum absolute atomic E-state index is 11.3. The molecule has 0 aliphatic rings. The van der Waals surface area contributed by atoms with Crippen LogP contribution < -0.4 is 5.69 Å². The first-order valence-electron chi connectivity index (χ1n) is 5.76. The van der Waals surface area contributed by atoms with Crippen LogP contribution in [0.1, 0.15) is 21.4 Å². The molecule has 0 aliphatic carbocycles. The molecular formula is C13H9BrCl2N2OS. The van der Waals surface area contributed by atoms with Crippen molar-refractivity contribution in [3.8, 4) is 0 Å². The molecule has 0 radical (unpaired) electrons. The Kier molecular flexibility index (Phi) is 3.71. The minimum Gasteiger partial charge on any atom is -0.306 e. The maximum Gasteiger partial charge on any atom is 0.323 e. The van der Waals surface area contributed by atoms with Gasteiger partial charge in [0.2, 0.25) is 0 Å². The molecule has 2 aromatic heterocycles. The van der Waals surface area contributed by atoms with E-state index in [0.717, 1.165) is 31.5 Å². The van der Waals surface area contributed by atoms with Crippen molar-refractivity contribution in [1.82, 2.24) is 9.97 Å². The Bertz CT molecular complexity index is 852. The fourth-order valence-corrected chi connectivity index (χ4v) is 4.53. The Morgan fingerprint density at radius 1 is 1.30 bits per heavy atom. The van der Waals surface area contributed by atoms with Crippen LogP contribution in [-0.2, 0) is 0 Å². The molecule has 20 heavy (non-hydrogen) atoms. The van der Waals surface area contributed by atoms with Gasteiger partial charge in [-0.3, -0.25) is 0 Å². The summed E-state index contributed by atoms with van der Waals surface area (Å²) in [6.45, 7) is 1.95. The van der Waals surface area contributed by atoms with Crippen LogP contribution in [0, 0.1) is 6.92 Å². The maximum atomic E-state index is 11.3. The van der Waals surface area contributed by atoms with Gasteiger partial charge in [0, 0.05) is 9.35 Å². The molecule has 0 spiro atoms. The molecule has 7 heteroatoms. The number of thiophene rings is 1. The molecule has 104 valence electrons. The topological polar surface area (TPSA) is 48.6 Å². The number of aryl methyl sites for hydroxylation is 1. The number of H-pyrrole nitrogens is 2. The number of hydrogen-bond acceptors (Lipinski definition) is 2. The molecule has 2 N–H and O–H groups in total. The van der Waals surface area contributed by atoms with E-state index in [1.165, 1.54) is 11.3 Å². The van der Waals surface area contributed by atoms with Crippen LogP contribution in [0.15, 0.2) is 26.8 Å². The van der Waals surface area contributed by atoms with Gasteiger partial charge in [-0.15, -0.1) is 22.9 Å². The summed E-state index contributed by atoms with van der Waals surface area (Å²) in [6, 6.07) is 3.70. The molecule has 1 aromatic carbocycles. The van der Waals surface area contributed by atoms with Crippen LogP contribution in [0.3, 0.4) is 0 Å². The third-order valence-electron chi connectivity index (χ3n) is 3.06. The summed E-state index contributed by atoms with van der Waals surface area (Å²) >= 11 is 17.9. The zero-order chi connectivity index (χ0) is 14.4. The molecule has 0 saturated carbocycles. The number of imidazole rings is 1. The lowest BCUT2D eigenvalue weighted by Gasteiger charge is -2.11. The van der Waals surface area contributed by atoms with Crippen molar-refractivity contribution in [3.05, 3.63) is 53.5 Å². The largest absolute Gasteiger partial charge is 0.323 e. The van der Waals surface area contributed by atoms with Gasteiger partial charge in [0.15, 0.2) is 0 Å². The first-order valence-corrected chi connectivity index (χ1v) is 8.25. The van der Waals surface area contributed by atoms with E-state index in [9.17, 15) is 4.79 Å². The predicted molar refractivity (Wildman–Crippen MR) is 88.4 cm³/mol. The normalized spacial score (nSPS) is 13.0. The predicted octanol–water partition coefficient (Wildman–Crippen LogP) is 4.97. The number of benzene rings is 1. The number of aromatic nitrogens is 2. The molecule has 0 fully saturated rings. The van der Waals surface area contributed by atoms with Crippen LogP contribution >= 0.6 is 50.5 Å². The highest BCUT2D eigenvalue weighted by atomic mass is 79.9. The first-order chi connectivity index (χ1) is 9.47. The average molecular weight is 392 g/mol. The lowest BCUT2D eigenvalue weighted by atomic mass is 10.1. The quantitative estimate of drug-likeness (QED) is 0.595. The molecular weight excluding hydrogens is 383 g/mol. The number of aromatic amines is 2. The minimum absolute atomic E-state index is 0.236. The van der Waals surface area contributed by atoms with E-state index in [0.29, 0.717) is 5.02 Å². The van der Waals surface area contributed by atoms with Gasteiger partial charge in [0.1, 0.15) is 0 Å². The summed E-state index contributed by atoms with van der Waals surface area (Å²) in [4.78, 5) is 17.7. The SMILES string of the molecule is Cc1csc(C(Cl)c2cc3[nH]c(=O)[nH]c3cc2Br)c1Cl. The molecule has 0 saturated heterocycles. The second kappa shape index (κ2) is 5.22. The highest BCUT2D eigenvalue weighted by molar-refractivity contribution is 9.10. The standard InChI is InChI=1S/C13H9BrCl2N2OS/c1-5-4-20-12(10(5)15)11(16)6-2-8-9(3-7(6)14)18-13(19)17-8/h2-4,11H,1H3,(H2,17,18,19). The van der Waals surface area contributed by atoms with E-state index in [1.807, 2.05) is 24.4 Å². The molecule has 0 aliphatic heterocycles. The van der Waals surface area contributed by atoms with E-state index >= 15 is 0 Å². The zero-order valence-electron chi connectivity index (χ0n) is 10.3. The molecule has 0 bridgehead atoms. The molecule has 2 heterocycles. The summed E-state index contributed by atoms with van der Waals surface area (Å²) in [5.41, 5.74) is 3.12. The second-order valence-corrected chi connectivity index (χ2v) is 7.04. The monoisotopic (exact) mass is 390 g/mol. The van der Waals surface area contributed by atoms with Crippen molar-refractivity contribution >= 4 is 61.5 Å². The summed E-state index contributed by atoms with van der Waals surface area (Å²) in [6.07, 6.45) is 0. The number of alkyl halides is 1. The number of nitrogens with one attached hydrogen (secondary N) is 2. The number of halogens is 3. The van der Waals surface area contributed by atoms with Gasteiger partial charge in [-0.25, -0.2) is 4.79 Å². The van der Waals surface area contributed by atoms with Crippen molar-refractivity contribution in [3.63, 3.8) is 0 Å². The minimum atomic E-state index is -0.363. The average Bonchev–Trinajstić information content (AvgIpc) is 2.91. The van der Waals surface area contributed by atoms with Crippen molar-refractivity contribution in [2.45, 2.75) is 12.3 Å². The van der Waals surface area contributed by atoms with Crippen molar-refractivity contribution in [2.24, 2.45) is 0 Å². The van der Waals surface area contributed by atoms with Crippen molar-refractivity contribution in [2.75, 3.05) is 0 Å². The lowest BCUT2D eigenvalue weighted by Crippen LogP contribution is -1.99. The third kappa shape index (κ3) is 2.33. The van der Waals surface area contributed by atoms with Gasteiger partial charge in [-0.1, -0.05) is 27.5 Å². The Hall–Kier alpha value is -0.750. The van der Waals surface area contributed by atoms with E-state index in [4.69, 9.17) is 23.2 Å². The molecule has 3 aromatic rings. The lowest BCUT2D eigenvalue weighted by molar-refractivity contribution is 1.17. The molecule has 3 nitrogen and oxygen atoms in total. The van der Waals surface area contributed by atoms with Gasteiger partial charge in [0.25, 0.3) is 0 Å². The van der Waals surface area contributed by atoms with E-state index in [-0.39, 0.29) is 11.1 Å².